The number of aliphatic hydroxyl groups is 1. The number of halogens is 1. The second-order valence-corrected chi connectivity index (χ2v) is 8.60. The fourth-order valence-electron chi connectivity index (χ4n) is 3.36. The van der Waals surface area contributed by atoms with E-state index in [0.717, 1.165) is 35.0 Å². The van der Waals surface area contributed by atoms with Gasteiger partial charge in [-0.15, -0.1) is 0 Å². The van der Waals surface area contributed by atoms with E-state index < -0.39 is 0 Å². The molecule has 1 aromatic heterocycles. The maximum Gasteiger partial charge on any atom is 0.134 e. The van der Waals surface area contributed by atoms with Crippen molar-refractivity contribution in [2.75, 3.05) is 0 Å². The van der Waals surface area contributed by atoms with Crippen LogP contribution in [0.3, 0.4) is 0 Å². The average molecular weight is 466 g/mol. The lowest BCUT2D eigenvalue weighted by molar-refractivity contribution is 0.510. The zero-order valence-electron chi connectivity index (χ0n) is 18.3. The van der Waals surface area contributed by atoms with E-state index >= 15 is 0 Å². The molecule has 3 heteroatoms. The molecular weight excluding hydrogens is 434 g/mol. The molecule has 0 aliphatic carbocycles. The number of aliphatic hydroxyl groups excluding tert-OH is 1. The molecule has 0 aliphatic heterocycles. The Morgan fingerprint density at radius 1 is 1.23 bits per heavy atom. The lowest BCUT2D eigenvalue weighted by Crippen LogP contribution is -2.01. The third-order valence-corrected chi connectivity index (χ3v) is 5.97. The van der Waals surface area contributed by atoms with Gasteiger partial charge < -0.3 is 5.11 Å². The van der Waals surface area contributed by atoms with Crippen LogP contribution >= 0.6 is 15.9 Å². The van der Waals surface area contributed by atoms with E-state index in [1.54, 1.807) is 12.1 Å². The molecule has 0 amide bonds. The fourth-order valence-corrected chi connectivity index (χ4v) is 3.72. The van der Waals surface area contributed by atoms with E-state index in [1.165, 1.54) is 23.1 Å². The van der Waals surface area contributed by atoms with Gasteiger partial charge in [-0.1, -0.05) is 79.7 Å². The van der Waals surface area contributed by atoms with Crippen LogP contribution in [0.2, 0.25) is 0 Å². The normalized spacial score (nSPS) is 13.2. The molecule has 0 saturated heterocycles. The molecule has 2 aromatic rings. The minimum Gasteiger partial charge on any atom is -0.506 e. The van der Waals surface area contributed by atoms with Gasteiger partial charge in [-0.2, -0.15) is 0 Å². The van der Waals surface area contributed by atoms with Crippen molar-refractivity contribution in [3.8, 4) is 0 Å². The van der Waals surface area contributed by atoms with Crippen LogP contribution in [0.4, 0.5) is 0 Å². The Morgan fingerprint density at radius 2 is 1.97 bits per heavy atom. The summed E-state index contributed by atoms with van der Waals surface area (Å²) >= 11 is 3.66. The Balaban J connectivity index is 2.61. The van der Waals surface area contributed by atoms with E-state index in [1.807, 2.05) is 18.2 Å². The summed E-state index contributed by atoms with van der Waals surface area (Å²) in [5.74, 6) is 0.680. The number of aryl methyl sites for hydroxylation is 1. The van der Waals surface area contributed by atoms with E-state index in [-0.39, 0.29) is 5.76 Å². The third-order valence-electron chi connectivity index (χ3n) is 5.48. The van der Waals surface area contributed by atoms with Gasteiger partial charge in [-0.3, -0.25) is 0 Å². The molecule has 1 unspecified atom stereocenters. The van der Waals surface area contributed by atoms with Gasteiger partial charge in [0.25, 0.3) is 0 Å². The van der Waals surface area contributed by atoms with Crippen LogP contribution in [0.1, 0.15) is 62.5 Å². The van der Waals surface area contributed by atoms with Gasteiger partial charge in [0.2, 0.25) is 0 Å². The number of benzene rings is 1. The van der Waals surface area contributed by atoms with Crippen LogP contribution in [0.5, 0.6) is 0 Å². The van der Waals surface area contributed by atoms with Crippen molar-refractivity contribution in [3.05, 3.63) is 94.8 Å². The van der Waals surface area contributed by atoms with Crippen LogP contribution in [0.15, 0.2) is 72.3 Å². The second kappa shape index (κ2) is 11.7. The summed E-state index contributed by atoms with van der Waals surface area (Å²) in [5.41, 5.74) is 6.25. The van der Waals surface area contributed by atoms with Crippen LogP contribution in [0, 0.1) is 5.92 Å². The lowest BCUT2D eigenvalue weighted by Gasteiger charge is -2.18. The predicted octanol–water partition coefficient (Wildman–Crippen LogP) is 8.41. The molecule has 30 heavy (non-hydrogen) atoms. The highest BCUT2D eigenvalue weighted by molar-refractivity contribution is 9.10. The summed E-state index contributed by atoms with van der Waals surface area (Å²) in [4.78, 5) is 4.62. The molecule has 1 N–H and O–H groups in total. The van der Waals surface area contributed by atoms with E-state index in [0.29, 0.717) is 11.6 Å². The first-order valence-electron chi connectivity index (χ1n) is 10.5. The Morgan fingerprint density at radius 3 is 2.63 bits per heavy atom. The van der Waals surface area contributed by atoms with Crippen molar-refractivity contribution >= 4 is 32.8 Å². The van der Waals surface area contributed by atoms with Crippen molar-refractivity contribution in [3.63, 3.8) is 0 Å². The summed E-state index contributed by atoms with van der Waals surface area (Å²) in [7, 11) is 0. The van der Waals surface area contributed by atoms with Crippen molar-refractivity contribution in [2.45, 2.75) is 46.5 Å². The third kappa shape index (κ3) is 6.56. The van der Waals surface area contributed by atoms with E-state index in [2.05, 4.69) is 79.1 Å². The van der Waals surface area contributed by atoms with Gasteiger partial charge in [-0.05, 0) is 78.6 Å². The van der Waals surface area contributed by atoms with Crippen molar-refractivity contribution in [1.29, 1.82) is 0 Å². The summed E-state index contributed by atoms with van der Waals surface area (Å²) < 4.78 is 1.06. The molecule has 0 spiro atoms. The molecule has 1 aromatic carbocycles. The monoisotopic (exact) mass is 465 g/mol. The smallest absolute Gasteiger partial charge is 0.134 e. The predicted molar refractivity (Wildman–Crippen MR) is 134 cm³/mol. The number of rotatable bonds is 10. The molecule has 1 atom stereocenters. The van der Waals surface area contributed by atoms with Crippen molar-refractivity contribution in [2.24, 2.45) is 5.92 Å². The SMILES string of the molecule is C=CC=CC/C(=C(\C)c1cccc(C(=C)O)n1)c1cc(Br)ccc1CCC(C)CC. The molecule has 0 radical (unpaired) electrons. The van der Waals surface area contributed by atoms with Gasteiger partial charge in [0.1, 0.15) is 11.5 Å². The minimum atomic E-state index is -0.0190. The van der Waals surface area contributed by atoms with Crippen LogP contribution in [-0.2, 0) is 6.42 Å². The average Bonchev–Trinajstić information content (AvgIpc) is 2.75. The zero-order chi connectivity index (χ0) is 22.1. The van der Waals surface area contributed by atoms with Crippen LogP contribution in [0.25, 0.3) is 16.9 Å². The summed E-state index contributed by atoms with van der Waals surface area (Å²) in [6, 6.07) is 12.2. The number of pyridine rings is 1. The molecule has 0 saturated carbocycles. The van der Waals surface area contributed by atoms with Gasteiger partial charge in [0.15, 0.2) is 0 Å². The molecule has 158 valence electrons. The molecule has 2 rings (SSSR count). The van der Waals surface area contributed by atoms with Gasteiger partial charge in [0.05, 0.1) is 5.69 Å². The lowest BCUT2D eigenvalue weighted by atomic mass is 9.88. The number of nitrogens with zero attached hydrogens (tertiary/aromatic N) is 1. The number of aromatic nitrogens is 1. The molecule has 0 aliphatic rings. The highest BCUT2D eigenvalue weighted by Crippen LogP contribution is 2.34. The van der Waals surface area contributed by atoms with Gasteiger partial charge in [0, 0.05) is 4.47 Å². The summed E-state index contributed by atoms with van der Waals surface area (Å²) in [6.45, 7) is 14.1. The van der Waals surface area contributed by atoms with E-state index in [9.17, 15) is 5.11 Å². The second-order valence-electron chi connectivity index (χ2n) is 7.68. The molecule has 2 nitrogen and oxygen atoms in total. The van der Waals surface area contributed by atoms with Gasteiger partial charge in [-0.25, -0.2) is 4.98 Å². The highest BCUT2D eigenvalue weighted by Gasteiger charge is 2.14. The Bertz CT molecular complexity index is 955. The van der Waals surface area contributed by atoms with Crippen molar-refractivity contribution in [1.82, 2.24) is 4.98 Å². The molecule has 1 heterocycles. The highest BCUT2D eigenvalue weighted by atomic mass is 79.9. The fraction of sp³-hybridized carbons (Fsp3) is 0.296. The standard InChI is InChI=1S/C27H32BrNO/c1-6-8-9-11-24(20(4)26-12-10-13-27(29-26)21(5)30)25-18-23(28)17-16-22(25)15-14-19(3)7-2/h6,8-10,12-13,16-19,30H,1,5,7,11,14-15H2,2-4H3/b9-8?,24-20-. The summed E-state index contributed by atoms with van der Waals surface area (Å²) in [6.07, 6.45) is 10.1. The first kappa shape index (κ1) is 23.9. The maximum absolute atomic E-state index is 9.78. The maximum atomic E-state index is 9.78. The summed E-state index contributed by atoms with van der Waals surface area (Å²) in [5, 5.41) is 9.78. The molecule has 0 fully saturated rings. The number of allylic oxidation sites excluding steroid dienone is 5. The first-order chi connectivity index (χ1) is 14.4. The van der Waals surface area contributed by atoms with Gasteiger partial charge >= 0.3 is 0 Å². The van der Waals surface area contributed by atoms with E-state index in [4.69, 9.17) is 0 Å². The molecular formula is C27H32BrNO. The largest absolute Gasteiger partial charge is 0.506 e. The number of hydrogen-bond acceptors (Lipinski definition) is 2. The Labute approximate surface area is 189 Å². The van der Waals surface area contributed by atoms with Crippen LogP contribution in [-0.4, -0.2) is 10.1 Å². The molecule has 0 bridgehead atoms. The van der Waals surface area contributed by atoms with Crippen molar-refractivity contribution < 1.29 is 5.11 Å². The van der Waals surface area contributed by atoms with Crippen LogP contribution < -0.4 is 0 Å². The Kier molecular flexibility index (Phi) is 9.32. The zero-order valence-corrected chi connectivity index (χ0v) is 19.9. The quantitative estimate of drug-likeness (QED) is 0.282. The Hall–Kier alpha value is -2.39. The minimum absolute atomic E-state index is 0.0190. The topological polar surface area (TPSA) is 33.1 Å². The first-order valence-corrected chi connectivity index (χ1v) is 11.3. The number of hydrogen-bond donors (Lipinski definition) is 1.